The fourth-order valence-electron chi connectivity index (χ4n) is 13.9. The van der Waals surface area contributed by atoms with Crippen LogP contribution < -0.4 is 0 Å². The smallest absolute Gasteiger partial charge is 0.160 e. The Morgan fingerprint density at radius 1 is 0.250 bits per heavy atom. The summed E-state index contributed by atoms with van der Waals surface area (Å²) < 4.78 is 9.85. The fraction of sp³-hybridized carbons (Fsp3) is 0. The summed E-state index contributed by atoms with van der Waals surface area (Å²) in [6.07, 6.45) is 0. The van der Waals surface area contributed by atoms with Gasteiger partial charge in [0, 0.05) is 75.8 Å². The standard InChI is InChI=1S/C82H51N5S/c1-6-26-52(27-7-1)63-48-67-68-49-64(53-28-8-2-9-29-53)74(86-71-43-23-18-38-60(71)61-39-19-24-44-72(61)86)51-76(68)87(75(67)50-73(63)85-69-41-21-16-36-58(69)59-37-17-22-42-70(59)85)80-65(54-30-10-3-11-31-54)46-57(47-66(80)55-32-12-4-13-33-55)78-81-79(62-40-20-25-45-77(62)88-81)84-82(83-78)56-34-14-5-15-35-56/h1-51H. The molecule has 5 nitrogen and oxygen atoms in total. The lowest BCUT2D eigenvalue weighted by Gasteiger charge is -2.22. The second kappa shape index (κ2) is 20.1. The molecule has 0 aliphatic heterocycles. The van der Waals surface area contributed by atoms with Gasteiger partial charge in [-0.1, -0.05) is 243 Å². The van der Waals surface area contributed by atoms with E-state index < -0.39 is 0 Å². The maximum Gasteiger partial charge on any atom is 0.160 e. The molecule has 410 valence electrons. The first-order chi connectivity index (χ1) is 43.7. The SMILES string of the molecule is c1ccc(-c2nc(-c3cc(-c4ccccc4)c(-n4c5cc(-n6c7ccccc7c7ccccc76)c(-c6ccccc6)cc5c5cc(-c6ccccc6)c(-n6c7ccccc7c7ccccc76)cc54)c(-c4ccccc4)c3)c3sc4ccccc4c3n2)cc1. The van der Waals surface area contributed by atoms with E-state index >= 15 is 0 Å². The summed E-state index contributed by atoms with van der Waals surface area (Å²) in [6.45, 7) is 0. The van der Waals surface area contributed by atoms with Crippen molar-refractivity contribution >= 4 is 97.1 Å². The van der Waals surface area contributed by atoms with Gasteiger partial charge in [-0.2, -0.15) is 0 Å². The van der Waals surface area contributed by atoms with Crippen LogP contribution in [0.5, 0.6) is 0 Å². The molecule has 0 amide bonds. The van der Waals surface area contributed by atoms with Gasteiger partial charge in [0.15, 0.2) is 5.82 Å². The zero-order chi connectivity index (χ0) is 57.8. The molecule has 88 heavy (non-hydrogen) atoms. The number of benzene rings is 13. The van der Waals surface area contributed by atoms with E-state index in [1.807, 2.05) is 0 Å². The minimum atomic E-state index is 0.694. The van der Waals surface area contributed by atoms with Gasteiger partial charge in [-0.05, 0) is 89.0 Å². The van der Waals surface area contributed by atoms with Gasteiger partial charge in [0.2, 0.25) is 0 Å². The molecular formula is C82H51N5S. The predicted molar refractivity (Wildman–Crippen MR) is 371 cm³/mol. The predicted octanol–water partition coefficient (Wildman–Crippen LogP) is 22.1. The van der Waals surface area contributed by atoms with E-state index in [1.54, 1.807) is 11.3 Å². The van der Waals surface area contributed by atoms with Crippen LogP contribution >= 0.6 is 11.3 Å². The molecule has 18 aromatic rings. The molecule has 0 bridgehead atoms. The molecule has 5 aromatic heterocycles. The molecule has 0 spiro atoms. The third kappa shape index (κ3) is 7.79. The number of nitrogens with zero attached hydrogens (tertiary/aromatic N) is 5. The Bertz CT molecular complexity index is 5400. The number of para-hydroxylation sites is 4. The van der Waals surface area contributed by atoms with Crippen LogP contribution in [0, 0.1) is 0 Å². The van der Waals surface area contributed by atoms with E-state index in [2.05, 4.69) is 323 Å². The van der Waals surface area contributed by atoms with E-state index in [4.69, 9.17) is 9.97 Å². The summed E-state index contributed by atoms with van der Waals surface area (Å²) in [6, 6.07) is 113. The lowest BCUT2D eigenvalue weighted by Crippen LogP contribution is -2.04. The molecular weight excluding hydrogens is 1090 g/mol. The zero-order valence-corrected chi connectivity index (χ0v) is 48.4. The topological polar surface area (TPSA) is 40.6 Å². The van der Waals surface area contributed by atoms with Crippen LogP contribution in [0.25, 0.3) is 170 Å². The molecule has 13 aromatic carbocycles. The second-order valence-corrected chi connectivity index (χ2v) is 23.8. The van der Waals surface area contributed by atoms with E-state index in [0.29, 0.717) is 5.82 Å². The maximum atomic E-state index is 5.64. The van der Waals surface area contributed by atoms with E-state index in [1.165, 1.54) is 26.2 Å². The molecule has 6 heteroatoms. The highest BCUT2D eigenvalue weighted by Crippen LogP contribution is 2.50. The van der Waals surface area contributed by atoms with Gasteiger partial charge in [-0.25, -0.2) is 9.97 Å². The van der Waals surface area contributed by atoms with Crippen molar-refractivity contribution in [2.75, 3.05) is 0 Å². The van der Waals surface area contributed by atoms with Crippen molar-refractivity contribution in [2.24, 2.45) is 0 Å². The lowest BCUT2D eigenvalue weighted by molar-refractivity contribution is 1.15. The lowest BCUT2D eigenvalue weighted by atomic mass is 9.91. The number of hydrogen-bond donors (Lipinski definition) is 0. The summed E-state index contributed by atoms with van der Waals surface area (Å²) in [4.78, 5) is 11.0. The van der Waals surface area contributed by atoms with Crippen LogP contribution in [-0.4, -0.2) is 23.7 Å². The molecule has 0 radical (unpaired) electrons. The average molecular weight is 1140 g/mol. The van der Waals surface area contributed by atoms with Gasteiger partial charge in [0.25, 0.3) is 0 Å². The van der Waals surface area contributed by atoms with Crippen LogP contribution in [0.3, 0.4) is 0 Å². The maximum absolute atomic E-state index is 5.64. The van der Waals surface area contributed by atoms with Crippen LogP contribution in [0.4, 0.5) is 0 Å². The monoisotopic (exact) mass is 1140 g/mol. The van der Waals surface area contributed by atoms with Crippen LogP contribution in [-0.2, 0) is 0 Å². The van der Waals surface area contributed by atoms with Crippen molar-refractivity contribution in [3.8, 4) is 84.2 Å². The summed E-state index contributed by atoms with van der Waals surface area (Å²) in [5, 5.41) is 8.25. The van der Waals surface area contributed by atoms with Gasteiger partial charge in [-0.15, -0.1) is 11.3 Å². The first-order valence-electron chi connectivity index (χ1n) is 30.0. The third-order valence-electron chi connectivity index (χ3n) is 17.8. The van der Waals surface area contributed by atoms with Gasteiger partial charge < -0.3 is 13.7 Å². The quantitative estimate of drug-likeness (QED) is 0.145. The largest absolute Gasteiger partial charge is 0.309 e. The Morgan fingerprint density at radius 3 is 1.02 bits per heavy atom. The van der Waals surface area contributed by atoms with Crippen LogP contribution in [0.15, 0.2) is 309 Å². The molecule has 0 aliphatic carbocycles. The van der Waals surface area contributed by atoms with Crippen molar-refractivity contribution in [3.05, 3.63) is 309 Å². The van der Waals surface area contributed by atoms with Crippen molar-refractivity contribution in [2.45, 2.75) is 0 Å². The van der Waals surface area contributed by atoms with Crippen LogP contribution in [0.1, 0.15) is 0 Å². The van der Waals surface area contributed by atoms with Crippen molar-refractivity contribution in [1.29, 1.82) is 0 Å². The summed E-state index contributed by atoms with van der Waals surface area (Å²) in [5.74, 6) is 0.694. The number of hydrogen-bond acceptors (Lipinski definition) is 3. The minimum absolute atomic E-state index is 0.694. The Balaban J connectivity index is 1.05. The number of aromatic nitrogens is 5. The minimum Gasteiger partial charge on any atom is -0.309 e. The Hall–Kier alpha value is -11.4. The van der Waals surface area contributed by atoms with E-state index in [-0.39, 0.29) is 0 Å². The first-order valence-corrected chi connectivity index (χ1v) is 30.8. The number of rotatable bonds is 9. The molecule has 0 saturated carbocycles. The van der Waals surface area contributed by atoms with Crippen molar-refractivity contribution in [1.82, 2.24) is 23.7 Å². The molecule has 0 fully saturated rings. The molecule has 0 unspecified atom stereocenters. The third-order valence-corrected chi connectivity index (χ3v) is 19.0. The average Bonchev–Trinajstić information content (AvgIpc) is 2.78. The Labute approximate surface area is 511 Å². The molecule has 18 rings (SSSR count). The van der Waals surface area contributed by atoms with Crippen molar-refractivity contribution in [3.63, 3.8) is 0 Å². The second-order valence-electron chi connectivity index (χ2n) is 22.8. The summed E-state index contributed by atoms with van der Waals surface area (Å²) in [7, 11) is 0. The number of thiophene rings is 1. The Morgan fingerprint density at radius 2 is 0.602 bits per heavy atom. The van der Waals surface area contributed by atoms with Gasteiger partial charge in [0.05, 0.1) is 66.1 Å². The Kier molecular flexibility index (Phi) is 11.4. The zero-order valence-electron chi connectivity index (χ0n) is 47.6. The molecule has 0 N–H and O–H groups in total. The highest BCUT2D eigenvalue weighted by atomic mass is 32.1. The van der Waals surface area contributed by atoms with Gasteiger partial charge in [-0.3, -0.25) is 0 Å². The summed E-state index contributed by atoms with van der Waals surface area (Å²) >= 11 is 1.76. The fourth-order valence-corrected chi connectivity index (χ4v) is 15.1. The van der Waals surface area contributed by atoms with Crippen molar-refractivity contribution < 1.29 is 0 Å². The molecule has 0 saturated heterocycles. The normalized spacial score (nSPS) is 11.9. The van der Waals surface area contributed by atoms with Gasteiger partial charge in [0.1, 0.15) is 0 Å². The van der Waals surface area contributed by atoms with E-state index in [9.17, 15) is 0 Å². The number of fused-ring (bicyclic) bond motifs is 12. The highest BCUT2D eigenvalue weighted by Gasteiger charge is 2.28. The first kappa shape index (κ1) is 49.9. The van der Waals surface area contributed by atoms with E-state index in [0.717, 1.165) is 138 Å². The molecule has 0 atom stereocenters. The molecule has 0 aliphatic rings. The molecule has 5 heterocycles. The van der Waals surface area contributed by atoms with Gasteiger partial charge >= 0.3 is 0 Å². The van der Waals surface area contributed by atoms with Crippen LogP contribution in [0.2, 0.25) is 0 Å². The summed E-state index contributed by atoms with van der Waals surface area (Å²) in [5.41, 5.74) is 22.7. The highest BCUT2D eigenvalue weighted by molar-refractivity contribution is 7.26.